The average molecular weight is 445 g/mol. The molecule has 2 aromatic carbocycles. The molecule has 2 amide bonds. The first-order valence-electron chi connectivity index (χ1n) is 9.89. The van der Waals surface area contributed by atoms with E-state index in [0.717, 1.165) is 11.1 Å². The summed E-state index contributed by atoms with van der Waals surface area (Å²) in [7, 11) is 0. The SMILES string of the molecule is CC(C)(C)OC(=O)NCC(=O)NCOCc1ccc(COc2ccc([N+](=O)[O-])cc2)cc1. The molecule has 0 aliphatic heterocycles. The molecule has 0 saturated carbocycles. The molecule has 0 fully saturated rings. The number of nitro groups is 1. The zero-order valence-corrected chi connectivity index (χ0v) is 18.3. The third-order valence-electron chi connectivity index (χ3n) is 3.91. The lowest BCUT2D eigenvalue weighted by atomic mass is 10.1. The number of amides is 2. The fourth-order valence-corrected chi connectivity index (χ4v) is 2.39. The summed E-state index contributed by atoms with van der Waals surface area (Å²) < 4.78 is 16.1. The van der Waals surface area contributed by atoms with Gasteiger partial charge in [0.15, 0.2) is 0 Å². The Morgan fingerprint density at radius 1 is 0.938 bits per heavy atom. The van der Waals surface area contributed by atoms with Crippen LogP contribution in [0.5, 0.6) is 5.75 Å². The van der Waals surface area contributed by atoms with Crippen molar-refractivity contribution in [2.24, 2.45) is 0 Å². The Balaban J connectivity index is 1.64. The highest BCUT2D eigenvalue weighted by molar-refractivity contribution is 5.82. The standard InChI is InChI=1S/C22H27N3O7/c1-22(2,3)32-21(27)23-12-20(26)24-15-30-13-16-4-6-17(7-5-16)14-31-19-10-8-18(9-11-19)25(28)29/h4-11H,12-15H2,1-3H3,(H,23,27)(H,24,26). The van der Waals surface area contributed by atoms with Crippen LogP contribution in [0.3, 0.4) is 0 Å². The predicted octanol–water partition coefficient (Wildman–Crippen LogP) is 3.29. The van der Waals surface area contributed by atoms with E-state index in [2.05, 4.69) is 10.6 Å². The number of carbonyl (C=O) groups is 2. The summed E-state index contributed by atoms with van der Waals surface area (Å²) in [6.45, 7) is 5.61. The Hall–Kier alpha value is -3.66. The van der Waals surface area contributed by atoms with Crippen molar-refractivity contribution in [2.75, 3.05) is 13.3 Å². The van der Waals surface area contributed by atoms with Crippen molar-refractivity contribution in [3.05, 3.63) is 69.8 Å². The van der Waals surface area contributed by atoms with E-state index in [4.69, 9.17) is 14.2 Å². The molecule has 10 nitrogen and oxygen atoms in total. The Bertz CT molecular complexity index is 907. The number of nitrogens with zero attached hydrogens (tertiary/aromatic N) is 1. The molecule has 2 rings (SSSR count). The summed E-state index contributed by atoms with van der Waals surface area (Å²) >= 11 is 0. The minimum Gasteiger partial charge on any atom is -0.489 e. The number of benzene rings is 2. The molecule has 2 aromatic rings. The molecule has 2 N–H and O–H groups in total. The van der Waals surface area contributed by atoms with Gasteiger partial charge in [0.05, 0.1) is 11.5 Å². The van der Waals surface area contributed by atoms with E-state index in [1.165, 1.54) is 12.1 Å². The first kappa shape index (κ1) is 24.6. The molecule has 0 atom stereocenters. The Labute approximate surface area is 186 Å². The molecule has 10 heteroatoms. The van der Waals surface area contributed by atoms with Gasteiger partial charge in [-0.25, -0.2) is 4.79 Å². The van der Waals surface area contributed by atoms with E-state index in [-0.39, 0.29) is 19.0 Å². The van der Waals surface area contributed by atoms with Crippen molar-refractivity contribution < 1.29 is 28.7 Å². The second-order valence-corrected chi connectivity index (χ2v) is 7.80. The minimum absolute atomic E-state index is 0.000160. The molecule has 32 heavy (non-hydrogen) atoms. The minimum atomic E-state index is -0.661. The lowest BCUT2D eigenvalue weighted by Crippen LogP contribution is -2.40. The summed E-state index contributed by atoms with van der Waals surface area (Å²) in [5.74, 6) is 0.148. The first-order chi connectivity index (χ1) is 15.1. The number of non-ortho nitro benzene ring substituents is 1. The number of rotatable bonds is 10. The lowest BCUT2D eigenvalue weighted by molar-refractivity contribution is -0.384. The quantitative estimate of drug-likeness (QED) is 0.248. The van der Waals surface area contributed by atoms with Crippen LogP contribution in [0.1, 0.15) is 31.9 Å². The summed E-state index contributed by atoms with van der Waals surface area (Å²) in [6, 6.07) is 13.4. The Morgan fingerprint density at radius 3 is 2.09 bits per heavy atom. The van der Waals surface area contributed by atoms with Crippen molar-refractivity contribution in [1.29, 1.82) is 0 Å². The van der Waals surface area contributed by atoms with Gasteiger partial charge in [-0.2, -0.15) is 0 Å². The summed E-state index contributed by atoms with van der Waals surface area (Å²) in [5, 5.41) is 15.6. The molecular formula is C22H27N3O7. The van der Waals surface area contributed by atoms with Crippen LogP contribution in [0.15, 0.2) is 48.5 Å². The van der Waals surface area contributed by atoms with Crippen molar-refractivity contribution in [3.8, 4) is 5.75 Å². The van der Waals surface area contributed by atoms with Crippen LogP contribution in [0.4, 0.5) is 10.5 Å². The molecular weight excluding hydrogens is 418 g/mol. The topological polar surface area (TPSA) is 129 Å². The molecule has 0 aliphatic carbocycles. The highest BCUT2D eigenvalue weighted by atomic mass is 16.6. The van der Waals surface area contributed by atoms with E-state index in [1.54, 1.807) is 32.9 Å². The maximum absolute atomic E-state index is 11.7. The molecule has 0 aliphatic rings. The first-order valence-corrected chi connectivity index (χ1v) is 9.89. The number of hydrogen-bond acceptors (Lipinski definition) is 7. The van der Waals surface area contributed by atoms with Crippen LogP contribution in [0.25, 0.3) is 0 Å². The Kier molecular flexibility index (Phi) is 8.96. The van der Waals surface area contributed by atoms with Gasteiger partial charge in [-0.05, 0) is 44.0 Å². The summed E-state index contributed by atoms with van der Waals surface area (Å²) in [4.78, 5) is 33.4. The lowest BCUT2D eigenvalue weighted by Gasteiger charge is -2.19. The van der Waals surface area contributed by atoms with Crippen LogP contribution in [0, 0.1) is 10.1 Å². The van der Waals surface area contributed by atoms with Gasteiger partial charge < -0.3 is 24.8 Å². The van der Waals surface area contributed by atoms with Gasteiger partial charge >= 0.3 is 6.09 Å². The molecule has 0 saturated heterocycles. The number of ether oxygens (including phenoxy) is 3. The van der Waals surface area contributed by atoms with Gasteiger partial charge in [-0.15, -0.1) is 0 Å². The van der Waals surface area contributed by atoms with Gasteiger partial charge in [0.1, 0.15) is 31.2 Å². The van der Waals surface area contributed by atoms with Crippen molar-refractivity contribution in [1.82, 2.24) is 10.6 Å². The number of hydrogen-bond donors (Lipinski definition) is 2. The second kappa shape index (κ2) is 11.7. The van der Waals surface area contributed by atoms with Crippen LogP contribution in [-0.2, 0) is 27.5 Å². The zero-order chi connectivity index (χ0) is 23.6. The van der Waals surface area contributed by atoms with Gasteiger partial charge in [0.25, 0.3) is 5.69 Å². The Morgan fingerprint density at radius 2 is 1.53 bits per heavy atom. The average Bonchev–Trinajstić information content (AvgIpc) is 2.74. The highest BCUT2D eigenvalue weighted by Gasteiger charge is 2.16. The number of carbonyl (C=O) groups excluding carboxylic acids is 2. The monoisotopic (exact) mass is 445 g/mol. The zero-order valence-electron chi connectivity index (χ0n) is 18.3. The largest absolute Gasteiger partial charge is 0.489 e. The normalized spacial score (nSPS) is 10.8. The molecule has 0 spiro atoms. The van der Waals surface area contributed by atoms with E-state index < -0.39 is 22.5 Å². The molecule has 0 heterocycles. The fourth-order valence-electron chi connectivity index (χ4n) is 2.39. The van der Waals surface area contributed by atoms with E-state index >= 15 is 0 Å². The van der Waals surface area contributed by atoms with Crippen LogP contribution in [-0.4, -0.2) is 35.8 Å². The number of alkyl carbamates (subject to hydrolysis) is 1. The van der Waals surface area contributed by atoms with Crippen molar-refractivity contribution in [2.45, 2.75) is 39.6 Å². The van der Waals surface area contributed by atoms with Crippen molar-refractivity contribution >= 4 is 17.7 Å². The highest BCUT2D eigenvalue weighted by Crippen LogP contribution is 2.18. The van der Waals surface area contributed by atoms with Crippen LogP contribution in [0.2, 0.25) is 0 Å². The summed E-state index contributed by atoms with van der Waals surface area (Å²) in [5.41, 5.74) is 1.21. The molecule has 0 radical (unpaired) electrons. The molecule has 0 bridgehead atoms. The van der Waals surface area contributed by atoms with E-state index in [1.807, 2.05) is 24.3 Å². The van der Waals surface area contributed by atoms with Crippen LogP contribution < -0.4 is 15.4 Å². The smallest absolute Gasteiger partial charge is 0.408 e. The van der Waals surface area contributed by atoms with Crippen LogP contribution >= 0.6 is 0 Å². The maximum Gasteiger partial charge on any atom is 0.408 e. The van der Waals surface area contributed by atoms with Gasteiger partial charge in [0.2, 0.25) is 5.91 Å². The maximum atomic E-state index is 11.7. The molecule has 172 valence electrons. The molecule has 0 unspecified atom stereocenters. The summed E-state index contributed by atoms with van der Waals surface area (Å²) in [6.07, 6.45) is -0.661. The van der Waals surface area contributed by atoms with Crippen molar-refractivity contribution in [3.63, 3.8) is 0 Å². The second-order valence-electron chi connectivity index (χ2n) is 7.80. The van der Waals surface area contributed by atoms with Gasteiger partial charge in [-0.1, -0.05) is 24.3 Å². The van der Waals surface area contributed by atoms with E-state index in [9.17, 15) is 19.7 Å². The number of nitrogens with one attached hydrogen (secondary N) is 2. The van der Waals surface area contributed by atoms with Gasteiger partial charge in [-0.3, -0.25) is 14.9 Å². The molecule has 0 aromatic heterocycles. The van der Waals surface area contributed by atoms with Gasteiger partial charge in [0, 0.05) is 12.1 Å². The number of nitro benzene ring substituents is 1. The fraction of sp³-hybridized carbons (Fsp3) is 0.364. The predicted molar refractivity (Wildman–Crippen MR) is 116 cm³/mol. The third-order valence-corrected chi connectivity index (χ3v) is 3.91. The third kappa shape index (κ3) is 9.43. The van der Waals surface area contributed by atoms with E-state index in [0.29, 0.717) is 19.0 Å².